The Hall–Kier alpha value is -2.14. The van der Waals surface area contributed by atoms with Gasteiger partial charge in [0.15, 0.2) is 0 Å². The van der Waals surface area contributed by atoms with Crippen LogP contribution in [0.2, 0.25) is 0 Å². The zero-order valence-electron chi connectivity index (χ0n) is 24.8. The molecule has 1 atom stereocenters. The molecular formula is C34H54O5. The summed E-state index contributed by atoms with van der Waals surface area (Å²) in [7, 11) is 0. The quantitative estimate of drug-likeness (QED) is 0.103. The van der Waals surface area contributed by atoms with Crippen molar-refractivity contribution in [3.63, 3.8) is 0 Å². The van der Waals surface area contributed by atoms with Crippen LogP contribution in [0.25, 0.3) is 0 Å². The standard InChI is InChI=1S/C34H54O5/c1-4-5-6-9-28-12-14-29(15-13-28)10-7-8-11-30-16-18-31(19-17-30)26-32(21-24-38-33(36)20-23-35)22-25-39-34(37)27(2)3/h12-15,30-32,35H,2,4-11,16-26H2,1,3H3. The number of hydrogen-bond donors (Lipinski definition) is 1. The van der Waals surface area contributed by atoms with Gasteiger partial charge in [-0.15, -0.1) is 0 Å². The largest absolute Gasteiger partial charge is 0.466 e. The molecule has 0 radical (unpaired) electrons. The zero-order valence-corrected chi connectivity index (χ0v) is 24.8. The minimum absolute atomic E-state index is 0.0380. The molecule has 5 heteroatoms. The third-order valence-electron chi connectivity index (χ3n) is 8.27. The third kappa shape index (κ3) is 14.7. The molecule has 1 fully saturated rings. The summed E-state index contributed by atoms with van der Waals surface area (Å²) >= 11 is 0. The summed E-state index contributed by atoms with van der Waals surface area (Å²) in [5.74, 6) is 1.18. The summed E-state index contributed by atoms with van der Waals surface area (Å²) in [6, 6.07) is 9.30. The monoisotopic (exact) mass is 542 g/mol. The molecule has 0 bridgehead atoms. The van der Waals surface area contributed by atoms with Crippen LogP contribution in [0.1, 0.15) is 115 Å². The van der Waals surface area contributed by atoms with E-state index in [0.717, 1.165) is 25.2 Å². The summed E-state index contributed by atoms with van der Waals surface area (Å²) in [6.07, 6.45) is 18.0. The van der Waals surface area contributed by atoms with Gasteiger partial charge in [0.2, 0.25) is 0 Å². The summed E-state index contributed by atoms with van der Waals surface area (Å²) in [5.41, 5.74) is 3.36. The molecule has 0 heterocycles. The van der Waals surface area contributed by atoms with E-state index in [1.807, 2.05) is 0 Å². The van der Waals surface area contributed by atoms with Crippen LogP contribution in [0.5, 0.6) is 0 Å². The second kappa shape index (κ2) is 19.8. The van der Waals surface area contributed by atoms with E-state index in [-0.39, 0.29) is 25.0 Å². The lowest BCUT2D eigenvalue weighted by molar-refractivity contribution is -0.144. The van der Waals surface area contributed by atoms with Crippen molar-refractivity contribution in [1.82, 2.24) is 0 Å². The molecule has 39 heavy (non-hydrogen) atoms. The van der Waals surface area contributed by atoms with E-state index in [1.165, 1.54) is 88.2 Å². The maximum atomic E-state index is 11.8. The van der Waals surface area contributed by atoms with Crippen LogP contribution in [0.15, 0.2) is 36.4 Å². The average Bonchev–Trinajstić information content (AvgIpc) is 2.93. The maximum Gasteiger partial charge on any atom is 0.333 e. The second-order valence-corrected chi connectivity index (χ2v) is 11.7. The number of carbonyl (C=O) groups excluding carboxylic acids is 2. The van der Waals surface area contributed by atoms with Gasteiger partial charge >= 0.3 is 11.9 Å². The second-order valence-electron chi connectivity index (χ2n) is 11.7. The fourth-order valence-electron chi connectivity index (χ4n) is 5.77. The number of aryl methyl sites for hydroxylation is 2. The van der Waals surface area contributed by atoms with E-state index in [2.05, 4.69) is 37.8 Å². The Morgan fingerprint density at radius 3 is 2.03 bits per heavy atom. The van der Waals surface area contributed by atoms with Gasteiger partial charge in [-0.05, 0) is 80.8 Å². The molecule has 1 aromatic carbocycles. The predicted molar refractivity (Wildman–Crippen MR) is 158 cm³/mol. The van der Waals surface area contributed by atoms with Crippen LogP contribution in [-0.4, -0.2) is 36.9 Å². The summed E-state index contributed by atoms with van der Waals surface area (Å²) in [6.45, 7) is 8.10. The first-order valence-corrected chi connectivity index (χ1v) is 15.6. The molecule has 2 rings (SSSR count). The van der Waals surface area contributed by atoms with E-state index < -0.39 is 0 Å². The van der Waals surface area contributed by atoms with Crippen molar-refractivity contribution >= 4 is 11.9 Å². The summed E-state index contributed by atoms with van der Waals surface area (Å²) in [4.78, 5) is 23.4. The highest BCUT2D eigenvalue weighted by Crippen LogP contribution is 2.36. The van der Waals surface area contributed by atoms with Gasteiger partial charge in [-0.2, -0.15) is 0 Å². The molecule has 0 aliphatic heterocycles. The summed E-state index contributed by atoms with van der Waals surface area (Å²) in [5, 5.41) is 8.90. The average molecular weight is 543 g/mol. The van der Waals surface area contributed by atoms with Crippen LogP contribution in [0.3, 0.4) is 0 Å². The Bertz CT molecular complexity index is 822. The predicted octanol–water partition coefficient (Wildman–Crippen LogP) is 7.77. The Balaban J connectivity index is 1.66. The lowest BCUT2D eigenvalue weighted by Gasteiger charge is -2.31. The first-order valence-electron chi connectivity index (χ1n) is 15.6. The first kappa shape index (κ1) is 33.1. The Morgan fingerprint density at radius 1 is 0.897 bits per heavy atom. The number of hydrogen-bond acceptors (Lipinski definition) is 5. The van der Waals surface area contributed by atoms with Crippen molar-refractivity contribution in [3.8, 4) is 0 Å². The number of ether oxygens (including phenoxy) is 2. The SMILES string of the molecule is C=C(C)C(=O)OCCC(CCOC(=O)CCO)CC1CCC(CCCCc2ccc(CCCCC)cc2)CC1. The van der Waals surface area contributed by atoms with Gasteiger partial charge in [-0.3, -0.25) is 4.79 Å². The van der Waals surface area contributed by atoms with E-state index in [1.54, 1.807) is 6.92 Å². The molecular weight excluding hydrogens is 488 g/mol. The van der Waals surface area contributed by atoms with Crippen LogP contribution >= 0.6 is 0 Å². The molecule has 1 aromatic rings. The molecule has 0 amide bonds. The highest BCUT2D eigenvalue weighted by molar-refractivity contribution is 5.86. The Kier molecular flexibility index (Phi) is 16.8. The number of aliphatic hydroxyl groups excluding tert-OH is 1. The molecule has 1 saturated carbocycles. The molecule has 0 aromatic heterocycles. The molecule has 5 nitrogen and oxygen atoms in total. The maximum absolute atomic E-state index is 11.8. The minimum atomic E-state index is -0.357. The lowest BCUT2D eigenvalue weighted by atomic mass is 9.75. The topological polar surface area (TPSA) is 72.8 Å². The summed E-state index contributed by atoms with van der Waals surface area (Å²) < 4.78 is 10.6. The van der Waals surface area contributed by atoms with Gasteiger partial charge in [-0.1, -0.05) is 89.1 Å². The number of aliphatic hydroxyl groups is 1. The molecule has 1 aliphatic carbocycles. The van der Waals surface area contributed by atoms with Crippen LogP contribution < -0.4 is 0 Å². The normalized spacial score (nSPS) is 17.9. The van der Waals surface area contributed by atoms with Gasteiger partial charge in [-0.25, -0.2) is 4.79 Å². The molecule has 220 valence electrons. The number of benzene rings is 1. The lowest BCUT2D eigenvalue weighted by Crippen LogP contribution is -2.20. The van der Waals surface area contributed by atoms with E-state index in [4.69, 9.17) is 14.6 Å². The molecule has 0 saturated heterocycles. The fourth-order valence-corrected chi connectivity index (χ4v) is 5.77. The van der Waals surface area contributed by atoms with E-state index in [0.29, 0.717) is 30.6 Å². The van der Waals surface area contributed by atoms with Crippen molar-refractivity contribution in [1.29, 1.82) is 0 Å². The van der Waals surface area contributed by atoms with Gasteiger partial charge < -0.3 is 14.6 Å². The van der Waals surface area contributed by atoms with E-state index in [9.17, 15) is 9.59 Å². The number of esters is 2. The third-order valence-corrected chi connectivity index (χ3v) is 8.27. The smallest absolute Gasteiger partial charge is 0.333 e. The molecule has 0 spiro atoms. The van der Waals surface area contributed by atoms with Crippen LogP contribution in [0, 0.1) is 17.8 Å². The van der Waals surface area contributed by atoms with Gasteiger partial charge in [0.25, 0.3) is 0 Å². The number of rotatable bonds is 20. The van der Waals surface area contributed by atoms with Crippen molar-refractivity contribution in [3.05, 3.63) is 47.5 Å². The fraction of sp³-hybridized carbons (Fsp3) is 0.706. The van der Waals surface area contributed by atoms with Crippen LogP contribution in [-0.2, 0) is 31.9 Å². The van der Waals surface area contributed by atoms with E-state index >= 15 is 0 Å². The molecule has 1 unspecified atom stereocenters. The molecule has 1 N–H and O–H groups in total. The van der Waals surface area contributed by atoms with Gasteiger partial charge in [0.05, 0.1) is 26.2 Å². The Morgan fingerprint density at radius 2 is 1.46 bits per heavy atom. The highest BCUT2D eigenvalue weighted by atomic mass is 16.5. The van der Waals surface area contributed by atoms with Gasteiger partial charge in [0.1, 0.15) is 0 Å². The molecule has 1 aliphatic rings. The van der Waals surface area contributed by atoms with Crippen molar-refractivity contribution in [2.24, 2.45) is 17.8 Å². The Labute approximate surface area is 237 Å². The van der Waals surface area contributed by atoms with Gasteiger partial charge in [0, 0.05) is 5.57 Å². The van der Waals surface area contributed by atoms with Crippen molar-refractivity contribution in [2.75, 3.05) is 19.8 Å². The van der Waals surface area contributed by atoms with Crippen molar-refractivity contribution < 1.29 is 24.2 Å². The minimum Gasteiger partial charge on any atom is -0.466 e. The highest BCUT2D eigenvalue weighted by Gasteiger charge is 2.24. The van der Waals surface area contributed by atoms with Crippen molar-refractivity contribution in [2.45, 2.75) is 117 Å². The number of carbonyl (C=O) groups is 2. The first-order chi connectivity index (χ1) is 18.9. The van der Waals surface area contributed by atoms with Crippen LogP contribution in [0.4, 0.5) is 0 Å². The number of unbranched alkanes of at least 4 members (excludes halogenated alkanes) is 3. The zero-order chi connectivity index (χ0) is 28.3.